The number of hydrogen-bond acceptors (Lipinski definition) is 5. The fourth-order valence-electron chi connectivity index (χ4n) is 12.6. The first-order chi connectivity index (χ1) is 43.0. The molecule has 2 unspecified atom stereocenters. The third-order valence-electron chi connectivity index (χ3n) is 18.7. The van der Waals surface area contributed by atoms with Crippen LogP contribution < -0.4 is 5.32 Å². The van der Waals surface area contributed by atoms with E-state index in [0.717, 1.165) is 51.4 Å². The van der Waals surface area contributed by atoms with Crippen molar-refractivity contribution < 1.29 is 24.5 Å². The number of carbonyl (C=O) groups excluding carboxylic acids is 2. The van der Waals surface area contributed by atoms with Crippen LogP contribution in [0.3, 0.4) is 0 Å². The van der Waals surface area contributed by atoms with Crippen LogP contribution in [0, 0.1) is 0 Å². The van der Waals surface area contributed by atoms with Crippen molar-refractivity contribution >= 4 is 11.9 Å². The van der Waals surface area contributed by atoms with Crippen LogP contribution in [0.2, 0.25) is 0 Å². The number of rotatable bonds is 75. The van der Waals surface area contributed by atoms with Gasteiger partial charge in [-0.25, -0.2) is 0 Å². The van der Waals surface area contributed by atoms with Gasteiger partial charge in [0.2, 0.25) is 5.91 Å². The van der Waals surface area contributed by atoms with E-state index in [1.54, 1.807) is 0 Å². The van der Waals surface area contributed by atoms with Crippen molar-refractivity contribution in [3.8, 4) is 0 Å². The van der Waals surface area contributed by atoms with E-state index in [9.17, 15) is 19.8 Å². The fraction of sp³-hybridized carbons (Fsp3) is 0.901. The smallest absolute Gasteiger partial charge is 0.305 e. The molecule has 514 valence electrons. The molecule has 87 heavy (non-hydrogen) atoms. The van der Waals surface area contributed by atoms with Crippen molar-refractivity contribution in [2.75, 3.05) is 13.2 Å². The van der Waals surface area contributed by atoms with Crippen LogP contribution in [0.5, 0.6) is 0 Å². The van der Waals surface area contributed by atoms with Gasteiger partial charge >= 0.3 is 5.97 Å². The molecule has 3 N–H and O–H groups in total. The lowest BCUT2D eigenvalue weighted by Crippen LogP contribution is -2.45. The minimum Gasteiger partial charge on any atom is -0.466 e. The van der Waals surface area contributed by atoms with Crippen LogP contribution in [-0.2, 0) is 14.3 Å². The zero-order valence-corrected chi connectivity index (χ0v) is 59.0. The third kappa shape index (κ3) is 73.0. The van der Waals surface area contributed by atoms with E-state index >= 15 is 0 Å². The summed E-state index contributed by atoms with van der Waals surface area (Å²) in [4.78, 5) is 24.6. The minimum absolute atomic E-state index is 0.0123. The molecule has 0 fully saturated rings. The molecule has 6 nitrogen and oxygen atoms in total. The summed E-state index contributed by atoms with van der Waals surface area (Å²) in [5.74, 6) is -0.0156. The average Bonchev–Trinajstić information content (AvgIpc) is 3.54. The van der Waals surface area contributed by atoms with E-state index in [1.165, 1.54) is 360 Å². The van der Waals surface area contributed by atoms with Gasteiger partial charge in [0.25, 0.3) is 0 Å². The van der Waals surface area contributed by atoms with Gasteiger partial charge < -0.3 is 20.3 Å². The number of amides is 1. The lowest BCUT2D eigenvalue weighted by atomic mass is 10.0. The molecule has 6 heteroatoms. The molecule has 0 rings (SSSR count). The van der Waals surface area contributed by atoms with Crippen LogP contribution in [0.1, 0.15) is 444 Å². The predicted molar refractivity (Wildman–Crippen MR) is 384 cm³/mol. The molecule has 0 bridgehead atoms. The molecule has 0 aromatic carbocycles. The number of carbonyl (C=O) groups is 2. The van der Waals surface area contributed by atoms with E-state index in [4.69, 9.17) is 4.74 Å². The molecular weight excluding hydrogens is 1070 g/mol. The topological polar surface area (TPSA) is 95.9 Å². The monoisotopic (exact) mass is 1220 g/mol. The second-order valence-corrected chi connectivity index (χ2v) is 27.4. The van der Waals surface area contributed by atoms with Gasteiger partial charge in [0.1, 0.15) is 0 Å². The van der Waals surface area contributed by atoms with Gasteiger partial charge in [0.15, 0.2) is 0 Å². The Morgan fingerprint density at radius 2 is 0.575 bits per heavy atom. The molecule has 0 saturated carbocycles. The van der Waals surface area contributed by atoms with E-state index in [0.29, 0.717) is 25.9 Å². The van der Waals surface area contributed by atoms with Crippen molar-refractivity contribution in [1.29, 1.82) is 0 Å². The Morgan fingerprint density at radius 3 is 0.885 bits per heavy atom. The Bertz CT molecular complexity index is 1410. The molecule has 0 heterocycles. The first-order valence-electron chi connectivity index (χ1n) is 39.7. The lowest BCUT2D eigenvalue weighted by molar-refractivity contribution is -0.143. The average molecular weight is 1220 g/mol. The van der Waals surface area contributed by atoms with Crippen molar-refractivity contribution in [3.05, 3.63) is 36.5 Å². The van der Waals surface area contributed by atoms with Gasteiger partial charge in [-0.15, -0.1) is 0 Å². The van der Waals surface area contributed by atoms with E-state index in [2.05, 4.69) is 55.6 Å². The van der Waals surface area contributed by atoms with Crippen LogP contribution in [0.25, 0.3) is 0 Å². The highest BCUT2D eigenvalue weighted by Gasteiger charge is 2.20. The number of hydrogen-bond donors (Lipinski definition) is 3. The molecule has 0 aliphatic heterocycles. The highest BCUT2D eigenvalue weighted by atomic mass is 16.5. The minimum atomic E-state index is -0.662. The SMILES string of the molecule is CCCCCCC/C=C\CCCCCCCC(=O)OCCCCCCCCCCCCCCCCC/C=C\C/C=C\CCCCCCCCCCCCCCCCCCCC(=O)NC(CO)C(O)CCCCCCCCCCCCCCCCCCC. The maximum Gasteiger partial charge on any atom is 0.305 e. The van der Waals surface area contributed by atoms with Gasteiger partial charge in [0.05, 0.1) is 25.4 Å². The second kappa shape index (κ2) is 76.5. The number of esters is 1. The van der Waals surface area contributed by atoms with Gasteiger partial charge in [-0.05, 0) is 83.5 Å². The normalized spacial score (nSPS) is 12.6. The molecular formula is C81H155NO5. The number of aliphatic hydroxyl groups is 2. The van der Waals surface area contributed by atoms with Crippen molar-refractivity contribution in [1.82, 2.24) is 5.32 Å². The molecule has 0 aliphatic carbocycles. The molecule has 0 aliphatic rings. The van der Waals surface area contributed by atoms with Crippen LogP contribution in [0.15, 0.2) is 36.5 Å². The van der Waals surface area contributed by atoms with Crippen molar-refractivity contribution in [2.45, 2.75) is 456 Å². The largest absolute Gasteiger partial charge is 0.466 e. The zero-order chi connectivity index (χ0) is 62.8. The van der Waals surface area contributed by atoms with E-state index in [-0.39, 0.29) is 18.5 Å². The Kier molecular flexibility index (Phi) is 74.8. The lowest BCUT2D eigenvalue weighted by Gasteiger charge is -2.22. The molecule has 0 aromatic heterocycles. The molecule has 2 atom stereocenters. The maximum absolute atomic E-state index is 12.5. The first kappa shape index (κ1) is 85.1. The van der Waals surface area contributed by atoms with Gasteiger partial charge in [-0.1, -0.05) is 384 Å². The molecule has 0 saturated heterocycles. The van der Waals surface area contributed by atoms with Gasteiger partial charge in [-0.2, -0.15) is 0 Å². The molecule has 1 amide bonds. The van der Waals surface area contributed by atoms with E-state index in [1.807, 2.05) is 0 Å². The summed E-state index contributed by atoms with van der Waals surface area (Å²) in [6, 6.07) is -0.539. The van der Waals surface area contributed by atoms with Crippen LogP contribution in [-0.4, -0.2) is 47.4 Å². The van der Waals surface area contributed by atoms with Gasteiger partial charge in [-0.3, -0.25) is 9.59 Å². The number of aliphatic hydroxyl groups excluding tert-OH is 2. The number of nitrogens with one attached hydrogen (secondary N) is 1. The third-order valence-corrected chi connectivity index (χ3v) is 18.7. The Balaban J connectivity index is 3.35. The number of allylic oxidation sites excluding steroid dienone is 6. The Hall–Kier alpha value is -1.92. The van der Waals surface area contributed by atoms with Crippen molar-refractivity contribution in [3.63, 3.8) is 0 Å². The Morgan fingerprint density at radius 1 is 0.322 bits per heavy atom. The van der Waals surface area contributed by atoms with Gasteiger partial charge in [0, 0.05) is 12.8 Å². The highest BCUT2D eigenvalue weighted by molar-refractivity contribution is 5.76. The summed E-state index contributed by atoms with van der Waals surface area (Å²) in [5.41, 5.74) is 0. The predicted octanol–water partition coefficient (Wildman–Crippen LogP) is 26.2. The summed E-state index contributed by atoms with van der Waals surface area (Å²) < 4.78 is 5.49. The molecule has 0 aromatic rings. The second-order valence-electron chi connectivity index (χ2n) is 27.4. The summed E-state index contributed by atoms with van der Waals surface area (Å²) >= 11 is 0. The standard InChI is InChI=1S/C81H155NO5/c1-3-5-7-9-11-13-15-17-19-43-46-49-53-57-61-65-69-73-79(84)78(77-83)82-80(85)74-70-66-62-58-54-50-47-44-41-39-37-35-33-31-29-27-25-23-21-20-22-24-26-28-30-32-34-36-38-40-42-45-48-52-56-60-64-68-72-76-87-81(86)75-71-67-63-59-55-51-18-16-14-12-10-8-6-4-2/h16,18,20-21,24,26,78-79,83-84H,3-15,17,19,22-23,25,27-77H2,1-2H3,(H,82,85)/b18-16-,21-20-,26-24-. The Labute approximate surface area is 544 Å². The summed E-state index contributed by atoms with van der Waals surface area (Å²) in [5, 5.41) is 23.4. The first-order valence-corrected chi connectivity index (χ1v) is 39.7. The quantitative estimate of drug-likeness (QED) is 0.0320. The molecule has 0 radical (unpaired) electrons. The number of unbranched alkanes of at least 4 members (excludes halogenated alkanes) is 58. The maximum atomic E-state index is 12.5. The fourth-order valence-corrected chi connectivity index (χ4v) is 12.6. The van der Waals surface area contributed by atoms with Crippen LogP contribution >= 0.6 is 0 Å². The van der Waals surface area contributed by atoms with Crippen molar-refractivity contribution in [2.24, 2.45) is 0 Å². The zero-order valence-electron chi connectivity index (χ0n) is 59.0. The van der Waals surface area contributed by atoms with E-state index < -0.39 is 12.1 Å². The summed E-state index contributed by atoms with van der Waals surface area (Å²) in [6.07, 6.45) is 99.6. The van der Waals surface area contributed by atoms with Crippen LogP contribution in [0.4, 0.5) is 0 Å². The molecule has 0 spiro atoms. The summed E-state index contributed by atoms with van der Waals surface area (Å²) in [7, 11) is 0. The number of ether oxygens (including phenoxy) is 1. The highest BCUT2D eigenvalue weighted by Crippen LogP contribution is 2.20. The summed E-state index contributed by atoms with van der Waals surface area (Å²) in [6.45, 7) is 4.98.